The Hall–Kier alpha value is -0.570. The van der Waals surface area contributed by atoms with E-state index in [2.05, 4.69) is 24.1 Å². The van der Waals surface area contributed by atoms with Crippen molar-refractivity contribution in [2.45, 2.75) is 46.0 Å². The highest BCUT2D eigenvalue weighted by molar-refractivity contribution is 5.79. The van der Waals surface area contributed by atoms with E-state index < -0.39 is 0 Å². The number of nitrogens with one attached hydrogen (secondary N) is 1. The first kappa shape index (κ1) is 12.9. The third-order valence-corrected chi connectivity index (χ3v) is 4.90. The van der Waals surface area contributed by atoms with Crippen LogP contribution in [0.15, 0.2) is 0 Å². The number of carbonyl (C=O) groups is 1. The lowest BCUT2D eigenvalue weighted by Gasteiger charge is -2.29. The summed E-state index contributed by atoms with van der Waals surface area (Å²) in [5.41, 5.74) is 0.414. The summed E-state index contributed by atoms with van der Waals surface area (Å²) in [4.78, 5) is 14.5. The highest BCUT2D eigenvalue weighted by atomic mass is 16.2. The van der Waals surface area contributed by atoms with Crippen molar-refractivity contribution in [2.24, 2.45) is 11.3 Å². The van der Waals surface area contributed by atoms with Crippen molar-refractivity contribution in [2.75, 3.05) is 26.2 Å². The quantitative estimate of drug-likeness (QED) is 0.816. The lowest BCUT2D eigenvalue weighted by Crippen LogP contribution is -2.42. The van der Waals surface area contributed by atoms with Crippen LogP contribution in [0.3, 0.4) is 0 Å². The van der Waals surface area contributed by atoms with Gasteiger partial charge in [-0.05, 0) is 44.1 Å². The zero-order valence-electron chi connectivity index (χ0n) is 11.3. The van der Waals surface area contributed by atoms with Crippen LogP contribution in [0.2, 0.25) is 0 Å². The maximum Gasteiger partial charge on any atom is 0.226 e. The second-order valence-corrected chi connectivity index (χ2v) is 5.76. The van der Waals surface area contributed by atoms with Gasteiger partial charge in [-0.25, -0.2) is 0 Å². The van der Waals surface area contributed by atoms with Gasteiger partial charge in [-0.2, -0.15) is 0 Å². The summed E-state index contributed by atoms with van der Waals surface area (Å²) >= 11 is 0. The van der Waals surface area contributed by atoms with Crippen LogP contribution in [0.1, 0.15) is 46.0 Å². The van der Waals surface area contributed by atoms with E-state index in [1.807, 2.05) is 0 Å². The summed E-state index contributed by atoms with van der Waals surface area (Å²) in [6.07, 6.45) is 5.84. The number of amides is 1. The van der Waals surface area contributed by atoms with Gasteiger partial charge in [0.2, 0.25) is 5.91 Å². The number of carbonyl (C=O) groups excluding carboxylic acids is 1. The van der Waals surface area contributed by atoms with Crippen LogP contribution < -0.4 is 5.32 Å². The van der Waals surface area contributed by atoms with Gasteiger partial charge in [0.1, 0.15) is 0 Å². The molecule has 2 saturated heterocycles. The van der Waals surface area contributed by atoms with Gasteiger partial charge < -0.3 is 10.2 Å². The Morgan fingerprint density at radius 2 is 2.18 bits per heavy atom. The van der Waals surface area contributed by atoms with E-state index >= 15 is 0 Å². The maximum absolute atomic E-state index is 12.4. The van der Waals surface area contributed by atoms with Crippen LogP contribution in [-0.2, 0) is 4.79 Å². The van der Waals surface area contributed by atoms with Gasteiger partial charge in [0.15, 0.2) is 0 Å². The maximum atomic E-state index is 12.4. The Bertz CT molecular complexity index is 267. The molecule has 0 spiro atoms. The molecule has 2 aliphatic rings. The van der Waals surface area contributed by atoms with E-state index in [-0.39, 0.29) is 5.92 Å². The minimum absolute atomic E-state index is 0.244. The molecule has 2 heterocycles. The summed E-state index contributed by atoms with van der Waals surface area (Å²) in [6.45, 7) is 8.48. The highest BCUT2D eigenvalue weighted by Crippen LogP contribution is 2.37. The number of likely N-dealkylation sites (tertiary alicyclic amines) is 1. The Morgan fingerprint density at radius 3 is 2.71 bits per heavy atom. The van der Waals surface area contributed by atoms with Crippen LogP contribution in [-0.4, -0.2) is 37.0 Å². The summed E-state index contributed by atoms with van der Waals surface area (Å²) in [7, 11) is 0. The molecule has 1 atom stereocenters. The number of hydrogen-bond acceptors (Lipinski definition) is 2. The molecular formula is C14H26N2O. The van der Waals surface area contributed by atoms with Gasteiger partial charge >= 0.3 is 0 Å². The molecule has 0 aromatic heterocycles. The standard InChI is InChI=1S/C14H26N2O/c1-3-14(4-2)7-9-16(11-14)13(17)12-6-5-8-15-10-12/h12,15H,3-11H2,1-2H3. The van der Waals surface area contributed by atoms with Crippen LogP contribution in [0.4, 0.5) is 0 Å². The van der Waals surface area contributed by atoms with E-state index in [0.29, 0.717) is 11.3 Å². The lowest BCUT2D eigenvalue weighted by atomic mass is 9.82. The Morgan fingerprint density at radius 1 is 1.41 bits per heavy atom. The molecule has 1 amide bonds. The molecular weight excluding hydrogens is 212 g/mol. The Labute approximate surface area is 105 Å². The van der Waals surface area contributed by atoms with Crippen LogP contribution in [0.5, 0.6) is 0 Å². The van der Waals surface area contributed by atoms with E-state index in [1.165, 1.54) is 19.3 Å². The van der Waals surface area contributed by atoms with Crippen LogP contribution in [0.25, 0.3) is 0 Å². The molecule has 1 N–H and O–H groups in total. The van der Waals surface area contributed by atoms with Gasteiger partial charge in [0.05, 0.1) is 5.92 Å². The molecule has 98 valence electrons. The van der Waals surface area contributed by atoms with Gasteiger partial charge in [0.25, 0.3) is 0 Å². The molecule has 0 saturated carbocycles. The van der Waals surface area contributed by atoms with E-state index in [0.717, 1.165) is 39.0 Å². The fraction of sp³-hybridized carbons (Fsp3) is 0.929. The zero-order valence-corrected chi connectivity index (χ0v) is 11.3. The monoisotopic (exact) mass is 238 g/mol. The fourth-order valence-electron chi connectivity index (χ4n) is 3.27. The third kappa shape index (κ3) is 2.65. The average Bonchev–Trinajstić information content (AvgIpc) is 2.84. The smallest absolute Gasteiger partial charge is 0.226 e. The second kappa shape index (κ2) is 5.38. The van der Waals surface area contributed by atoms with Gasteiger partial charge in [-0.15, -0.1) is 0 Å². The van der Waals surface area contributed by atoms with Crippen molar-refractivity contribution in [3.8, 4) is 0 Å². The highest BCUT2D eigenvalue weighted by Gasteiger charge is 2.38. The number of rotatable bonds is 3. The molecule has 2 rings (SSSR count). The SMILES string of the molecule is CCC1(CC)CCN(C(=O)C2CCCNC2)C1. The molecule has 0 radical (unpaired) electrons. The van der Waals surface area contributed by atoms with Crippen molar-refractivity contribution < 1.29 is 4.79 Å². The van der Waals surface area contributed by atoms with Crippen LogP contribution in [0, 0.1) is 11.3 Å². The number of piperidine rings is 1. The van der Waals surface area contributed by atoms with Gasteiger partial charge in [-0.3, -0.25) is 4.79 Å². The molecule has 3 heteroatoms. The minimum atomic E-state index is 0.244. The summed E-state index contributed by atoms with van der Waals surface area (Å²) in [5, 5.41) is 3.34. The average molecular weight is 238 g/mol. The molecule has 0 aliphatic carbocycles. The zero-order chi connectivity index (χ0) is 12.3. The van der Waals surface area contributed by atoms with Crippen molar-refractivity contribution in [1.82, 2.24) is 10.2 Å². The van der Waals surface area contributed by atoms with Crippen LogP contribution >= 0.6 is 0 Å². The van der Waals surface area contributed by atoms with Crippen molar-refractivity contribution in [3.63, 3.8) is 0 Å². The Kier molecular flexibility index (Phi) is 4.08. The first-order valence-corrected chi connectivity index (χ1v) is 7.20. The molecule has 2 aliphatic heterocycles. The number of nitrogens with zero attached hydrogens (tertiary/aromatic N) is 1. The van der Waals surface area contributed by atoms with Gasteiger partial charge in [0, 0.05) is 19.6 Å². The van der Waals surface area contributed by atoms with Crippen molar-refractivity contribution in [3.05, 3.63) is 0 Å². The predicted molar refractivity (Wildman–Crippen MR) is 69.8 cm³/mol. The molecule has 17 heavy (non-hydrogen) atoms. The minimum Gasteiger partial charge on any atom is -0.342 e. The fourth-order valence-corrected chi connectivity index (χ4v) is 3.27. The summed E-state index contributed by atoms with van der Waals surface area (Å²) < 4.78 is 0. The third-order valence-electron chi connectivity index (χ3n) is 4.90. The molecule has 2 fully saturated rings. The van der Waals surface area contributed by atoms with E-state index in [1.54, 1.807) is 0 Å². The normalized spacial score (nSPS) is 28.4. The largest absolute Gasteiger partial charge is 0.342 e. The predicted octanol–water partition coefficient (Wildman–Crippen LogP) is 2.02. The first-order valence-electron chi connectivity index (χ1n) is 7.20. The lowest BCUT2D eigenvalue weighted by molar-refractivity contribution is -0.135. The van der Waals surface area contributed by atoms with Crippen molar-refractivity contribution >= 4 is 5.91 Å². The van der Waals surface area contributed by atoms with Crippen molar-refractivity contribution in [1.29, 1.82) is 0 Å². The Balaban J connectivity index is 1.93. The number of hydrogen-bond donors (Lipinski definition) is 1. The molecule has 0 aromatic rings. The first-order chi connectivity index (χ1) is 8.21. The topological polar surface area (TPSA) is 32.3 Å². The molecule has 0 aromatic carbocycles. The van der Waals surface area contributed by atoms with E-state index in [9.17, 15) is 4.79 Å². The molecule has 3 nitrogen and oxygen atoms in total. The molecule has 0 bridgehead atoms. The second-order valence-electron chi connectivity index (χ2n) is 5.76. The molecule has 1 unspecified atom stereocenters. The van der Waals surface area contributed by atoms with Gasteiger partial charge in [-0.1, -0.05) is 13.8 Å². The summed E-state index contributed by atoms with van der Waals surface area (Å²) in [6, 6.07) is 0. The summed E-state index contributed by atoms with van der Waals surface area (Å²) in [5.74, 6) is 0.647. The van der Waals surface area contributed by atoms with E-state index in [4.69, 9.17) is 0 Å².